The molecule has 11 heteroatoms. The zero-order valence-corrected chi connectivity index (χ0v) is 20.5. The van der Waals surface area contributed by atoms with Gasteiger partial charge < -0.3 is 10.2 Å². The highest BCUT2D eigenvalue weighted by Crippen LogP contribution is 2.29. The highest BCUT2D eigenvalue weighted by Gasteiger charge is 2.36. The molecule has 0 saturated carbocycles. The van der Waals surface area contributed by atoms with E-state index in [2.05, 4.69) is 29.4 Å². The van der Waals surface area contributed by atoms with Crippen molar-refractivity contribution in [2.24, 2.45) is 11.8 Å². The second-order valence-electron chi connectivity index (χ2n) is 8.73. The average molecular weight is 492 g/mol. The lowest BCUT2D eigenvalue weighted by atomic mass is 10.0. The highest BCUT2D eigenvalue weighted by atomic mass is 32.2. The number of piperidine rings is 1. The van der Waals surface area contributed by atoms with Gasteiger partial charge in [0.1, 0.15) is 5.01 Å². The number of amides is 2. The van der Waals surface area contributed by atoms with E-state index in [-0.39, 0.29) is 29.7 Å². The number of nitrogens with zero attached hydrogens (tertiary/aromatic N) is 4. The molecule has 2 amide bonds. The van der Waals surface area contributed by atoms with Gasteiger partial charge in [-0.2, -0.15) is 4.31 Å². The Kier molecular flexibility index (Phi) is 7.10. The summed E-state index contributed by atoms with van der Waals surface area (Å²) >= 11 is 1.34. The van der Waals surface area contributed by atoms with E-state index in [1.54, 1.807) is 24.3 Å². The zero-order chi connectivity index (χ0) is 23.6. The topological polar surface area (TPSA) is 113 Å². The van der Waals surface area contributed by atoms with E-state index in [9.17, 15) is 18.0 Å². The molecule has 2 aliphatic rings. The molecule has 4 rings (SSSR count). The lowest BCUT2D eigenvalue weighted by molar-refractivity contribution is -0.122. The maximum absolute atomic E-state index is 12.9. The molecule has 33 heavy (non-hydrogen) atoms. The largest absolute Gasteiger partial charge is 0.312 e. The first-order chi connectivity index (χ1) is 15.8. The average Bonchev–Trinajstić information content (AvgIpc) is 3.40. The summed E-state index contributed by atoms with van der Waals surface area (Å²) in [7, 11) is -3.55. The van der Waals surface area contributed by atoms with Crippen LogP contribution in [0, 0.1) is 11.8 Å². The van der Waals surface area contributed by atoms with Gasteiger partial charge >= 0.3 is 0 Å². The number of aromatic nitrogens is 2. The fourth-order valence-electron chi connectivity index (χ4n) is 4.13. The van der Waals surface area contributed by atoms with Crippen LogP contribution in [0.1, 0.15) is 44.5 Å². The van der Waals surface area contributed by atoms with Crippen molar-refractivity contribution < 1.29 is 18.0 Å². The first-order valence-electron chi connectivity index (χ1n) is 11.3. The van der Waals surface area contributed by atoms with E-state index >= 15 is 0 Å². The summed E-state index contributed by atoms with van der Waals surface area (Å²) in [4.78, 5) is 27.0. The third-order valence-corrected chi connectivity index (χ3v) is 9.00. The van der Waals surface area contributed by atoms with Gasteiger partial charge in [0.25, 0.3) is 0 Å². The van der Waals surface area contributed by atoms with Gasteiger partial charge in [-0.15, -0.1) is 10.2 Å². The molecule has 1 atom stereocenters. The molecule has 0 bridgehead atoms. The molecule has 2 fully saturated rings. The standard InChI is InChI=1S/C22H29N5O4S2/c1-3-4-19-24-25-22(32-19)23-21(29)16-13-20(28)27(14-16)17-5-7-18(8-6-17)33(30,31)26-11-9-15(2)10-12-26/h5-8,15-16H,3-4,9-14H2,1-2H3,(H,23,25,29). The van der Waals surface area contributed by atoms with Crippen LogP contribution in [0.2, 0.25) is 0 Å². The fourth-order valence-corrected chi connectivity index (χ4v) is 6.45. The van der Waals surface area contributed by atoms with E-state index in [0.717, 1.165) is 30.7 Å². The molecule has 1 aromatic carbocycles. The van der Waals surface area contributed by atoms with Crippen molar-refractivity contribution in [2.45, 2.75) is 50.8 Å². The Bertz CT molecular complexity index is 1110. The van der Waals surface area contributed by atoms with Crippen LogP contribution in [0.5, 0.6) is 0 Å². The lowest BCUT2D eigenvalue weighted by Crippen LogP contribution is -2.37. The number of anilines is 2. The number of hydrogen-bond acceptors (Lipinski definition) is 7. The van der Waals surface area contributed by atoms with Gasteiger partial charge in [0.2, 0.25) is 27.0 Å². The van der Waals surface area contributed by atoms with Crippen molar-refractivity contribution in [1.82, 2.24) is 14.5 Å². The highest BCUT2D eigenvalue weighted by molar-refractivity contribution is 7.89. The van der Waals surface area contributed by atoms with Crippen LogP contribution in [0.25, 0.3) is 0 Å². The predicted molar refractivity (Wildman–Crippen MR) is 127 cm³/mol. The van der Waals surface area contributed by atoms with Crippen LogP contribution in [0.15, 0.2) is 29.2 Å². The molecule has 1 aromatic heterocycles. The van der Waals surface area contributed by atoms with Crippen molar-refractivity contribution in [2.75, 3.05) is 29.9 Å². The van der Waals surface area contributed by atoms with Gasteiger partial charge in [-0.25, -0.2) is 8.42 Å². The molecule has 2 aliphatic heterocycles. The number of rotatable bonds is 7. The fraction of sp³-hybridized carbons (Fsp3) is 0.545. The van der Waals surface area contributed by atoms with E-state index in [0.29, 0.717) is 29.8 Å². The normalized spacial score (nSPS) is 20.4. The van der Waals surface area contributed by atoms with Crippen LogP contribution in [-0.4, -0.2) is 54.4 Å². The Balaban J connectivity index is 1.40. The quantitative estimate of drug-likeness (QED) is 0.637. The lowest BCUT2D eigenvalue weighted by Gasteiger charge is -2.29. The summed E-state index contributed by atoms with van der Waals surface area (Å²) in [5.41, 5.74) is 0.586. The van der Waals surface area contributed by atoms with Gasteiger partial charge in [0.15, 0.2) is 0 Å². The summed E-state index contributed by atoms with van der Waals surface area (Å²) in [5, 5.41) is 12.1. The Labute approximate surface area is 198 Å². The Morgan fingerprint density at radius 3 is 2.55 bits per heavy atom. The van der Waals surface area contributed by atoms with Gasteiger partial charge in [0, 0.05) is 38.2 Å². The van der Waals surface area contributed by atoms with Crippen LogP contribution in [0.4, 0.5) is 10.8 Å². The second-order valence-corrected chi connectivity index (χ2v) is 11.7. The molecule has 178 valence electrons. The van der Waals surface area contributed by atoms with E-state index in [1.165, 1.54) is 20.5 Å². The van der Waals surface area contributed by atoms with Gasteiger partial charge in [-0.3, -0.25) is 9.59 Å². The minimum absolute atomic E-state index is 0.0957. The number of nitrogens with one attached hydrogen (secondary N) is 1. The number of aryl methyl sites for hydroxylation is 1. The number of sulfonamides is 1. The minimum Gasteiger partial charge on any atom is -0.312 e. The molecule has 2 saturated heterocycles. The summed E-state index contributed by atoms with van der Waals surface area (Å²) < 4.78 is 27.4. The Morgan fingerprint density at radius 1 is 1.18 bits per heavy atom. The van der Waals surface area contributed by atoms with Gasteiger partial charge in [-0.1, -0.05) is 25.2 Å². The van der Waals surface area contributed by atoms with E-state index in [4.69, 9.17) is 0 Å². The maximum Gasteiger partial charge on any atom is 0.243 e. The summed E-state index contributed by atoms with van der Waals surface area (Å²) in [6.45, 7) is 5.48. The van der Waals surface area contributed by atoms with Crippen LogP contribution >= 0.6 is 11.3 Å². The molecular weight excluding hydrogens is 462 g/mol. The van der Waals surface area contributed by atoms with Crippen LogP contribution in [-0.2, 0) is 26.0 Å². The molecule has 1 unspecified atom stereocenters. The molecule has 2 aromatic rings. The SMILES string of the molecule is CCCc1nnc(NC(=O)C2CC(=O)N(c3ccc(S(=O)(=O)N4CCC(C)CC4)cc3)C2)s1. The van der Waals surface area contributed by atoms with Gasteiger partial charge in [0.05, 0.1) is 10.8 Å². The molecule has 3 heterocycles. The molecular formula is C22H29N5O4S2. The minimum atomic E-state index is -3.55. The van der Waals surface area contributed by atoms with Crippen molar-refractivity contribution in [3.8, 4) is 0 Å². The predicted octanol–water partition coefficient (Wildman–Crippen LogP) is 2.90. The van der Waals surface area contributed by atoms with Crippen LogP contribution < -0.4 is 10.2 Å². The molecule has 0 aliphatic carbocycles. The third-order valence-electron chi connectivity index (χ3n) is 6.19. The smallest absolute Gasteiger partial charge is 0.243 e. The van der Waals surface area contributed by atoms with Crippen molar-refractivity contribution in [3.05, 3.63) is 29.3 Å². The first kappa shape index (κ1) is 23.8. The summed E-state index contributed by atoms with van der Waals surface area (Å²) in [6, 6.07) is 6.36. The van der Waals surface area contributed by atoms with Crippen molar-refractivity contribution in [3.63, 3.8) is 0 Å². The number of carbonyl (C=O) groups excluding carboxylic acids is 2. The molecule has 1 N–H and O–H groups in total. The first-order valence-corrected chi connectivity index (χ1v) is 13.6. The number of carbonyl (C=O) groups is 2. The van der Waals surface area contributed by atoms with E-state index in [1.807, 2.05) is 0 Å². The Hall–Kier alpha value is -2.37. The number of hydrogen-bond donors (Lipinski definition) is 1. The van der Waals surface area contributed by atoms with Gasteiger partial charge in [-0.05, 0) is 49.4 Å². The Morgan fingerprint density at radius 2 is 1.88 bits per heavy atom. The monoisotopic (exact) mass is 491 g/mol. The molecule has 0 radical (unpaired) electrons. The van der Waals surface area contributed by atoms with E-state index < -0.39 is 15.9 Å². The maximum atomic E-state index is 12.9. The molecule has 9 nitrogen and oxygen atoms in total. The van der Waals surface area contributed by atoms with Crippen molar-refractivity contribution >= 4 is 44.0 Å². The summed E-state index contributed by atoms with van der Waals surface area (Å²) in [5.74, 6) is -0.395. The third kappa shape index (κ3) is 5.25. The molecule has 0 spiro atoms. The van der Waals surface area contributed by atoms with Crippen LogP contribution in [0.3, 0.4) is 0 Å². The van der Waals surface area contributed by atoms with Crippen molar-refractivity contribution in [1.29, 1.82) is 0 Å². The zero-order valence-electron chi connectivity index (χ0n) is 18.9. The number of benzene rings is 1. The second kappa shape index (κ2) is 9.86. The summed E-state index contributed by atoms with van der Waals surface area (Å²) in [6.07, 6.45) is 3.58.